The van der Waals surface area contributed by atoms with Crippen LogP contribution in [0.5, 0.6) is 0 Å². The molecule has 0 radical (unpaired) electrons. The van der Waals surface area contributed by atoms with Crippen LogP contribution < -0.4 is 9.62 Å². The average Bonchev–Trinajstić information content (AvgIpc) is 2.87. The van der Waals surface area contributed by atoms with E-state index < -0.39 is 28.5 Å². The highest BCUT2D eigenvalue weighted by Crippen LogP contribution is 2.28. The van der Waals surface area contributed by atoms with Crippen molar-refractivity contribution in [1.82, 2.24) is 10.2 Å². The number of sulfonamides is 1. The Balaban J connectivity index is 2.05. The second-order valence-corrected chi connectivity index (χ2v) is 11.3. The van der Waals surface area contributed by atoms with Crippen molar-refractivity contribution in [3.63, 3.8) is 0 Å². The van der Waals surface area contributed by atoms with E-state index in [4.69, 9.17) is 0 Å². The first-order chi connectivity index (χ1) is 17.5. The number of benzene rings is 3. The zero-order valence-electron chi connectivity index (χ0n) is 22.0. The molecule has 196 valence electrons. The van der Waals surface area contributed by atoms with E-state index in [1.165, 1.54) is 17.0 Å². The number of anilines is 1. The summed E-state index contributed by atoms with van der Waals surface area (Å²) in [6.45, 7) is 8.76. The first-order valence-corrected chi connectivity index (χ1v) is 13.7. The van der Waals surface area contributed by atoms with Gasteiger partial charge in [-0.25, -0.2) is 8.42 Å². The van der Waals surface area contributed by atoms with E-state index in [2.05, 4.69) is 5.32 Å². The molecule has 0 aliphatic rings. The maximum Gasteiger partial charge on any atom is 0.264 e. The molecule has 1 atom stereocenters. The van der Waals surface area contributed by atoms with Crippen molar-refractivity contribution in [2.75, 3.05) is 10.8 Å². The minimum absolute atomic E-state index is 0.0870. The van der Waals surface area contributed by atoms with Crippen molar-refractivity contribution in [2.45, 2.75) is 58.1 Å². The molecule has 0 aromatic heterocycles. The van der Waals surface area contributed by atoms with Crippen molar-refractivity contribution in [2.24, 2.45) is 0 Å². The number of nitrogens with zero attached hydrogens (tertiary/aromatic N) is 2. The molecule has 3 aromatic rings. The van der Waals surface area contributed by atoms with Gasteiger partial charge in [0, 0.05) is 12.6 Å². The van der Waals surface area contributed by atoms with Gasteiger partial charge in [-0.15, -0.1) is 0 Å². The van der Waals surface area contributed by atoms with Gasteiger partial charge < -0.3 is 10.2 Å². The molecule has 0 aliphatic carbocycles. The zero-order chi connectivity index (χ0) is 27.2. The van der Waals surface area contributed by atoms with E-state index in [-0.39, 0.29) is 23.4 Å². The molecule has 0 aliphatic heterocycles. The summed E-state index contributed by atoms with van der Waals surface area (Å²) in [5.74, 6) is -0.779. The topological polar surface area (TPSA) is 86.8 Å². The molecule has 0 heterocycles. The highest BCUT2D eigenvalue weighted by Gasteiger charge is 2.33. The van der Waals surface area contributed by atoms with Crippen LogP contribution in [0.25, 0.3) is 0 Å². The third kappa shape index (κ3) is 6.98. The fourth-order valence-corrected chi connectivity index (χ4v) is 5.48. The number of aryl methyl sites for hydroxylation is 2. The summed E-state index contributed by atoms with van der Waals surface area (Å²) >= 11 is 0. The Labute approximate surface area is 220 Å². The smallest absolute Gasteiger partial charge is 0.264 e. The van der Waals surface area contributed by atoms with Gasteiger partial charge in [0.05, 0.1) is 10.6 Å². The van der Waals surface area contributed by atoms with E-state index >= 15 is 0 Å². The maximum atomic E-state index is 13.9. The van der Waals surface area contributed by atoms with E-state index in [0.717, 1.165) is 21.0 Å². The standard InChI is InChI=1S/C29H35N3O4S/c1-21(2)30-29(34)24(5)31(19-25-12-8-6-9-13-25)28(33)20-32(27-18-22(3)16-17-23(27)4)37(35,36)26-14-10-7-11-15-26/h6-18,21,24H,19-20H2,1-5H3,(H,30,34)/t24-/m0/s1. The maximum absolute atomic E-state index is 13.9. The van der Waals surface area contributed by atoms with Crippen molar-refractivity contribution in [3.8, 4) is 0 Å². The third-order valence-corrected chi connectivity index (χ3v) is 7.81. The largest absolute Gasteiger partial charge is 0.352 e. The summed E-state index contributed by atoms with van der Waals surface area (Å²) in [5, 5.41) is 2.86. The van der Waals surface area contributed by atoms with Gasteiger partial charge in [0.1, 0.15) is 12.6 Å². The van der Waals surface area contributed by atoms with Crippen LogP contribution in [0.3, 0.4) is 0 Å². The molecule has 0 bridgehead atoms. The first-order valence-electron chi connectivity index (χ1n) is 12.3. The normalized spacial score (nSPS) is 12.2. The number of carbonyl (C=O) groups excluding carboxylic acids is 2. The number of amides is 2. The molecule has 0 spiro atoms. The number of carbonyl (C=O) groups is 2. The second-order valence-electron chi connectivity index (χ2n) is 9.46. The summed E-state index contributed by atoms with van der Waals surface area (Å²) in [4.78, 5) is 28.3. The monoisotopic (exact) mass is 521 g/mol. The predicted octanol–water partition coefficient (Wildman–Crippen LogP) is 4.44. The molecule has 0 saturated heterocycles. The highest BCUT2D eigenvalue weighted by molar-refractivity contribution is 7.92. The van der Waals surface area contributed by atoms with Gasteiger partial charge in [-0.2, -0.15) is 0 Å². The molecule has 37 heavy (non-hydrogen) atoms. The lowest BCUT2D eigenvalue weighted by Gasteiger charge is -2.32. The summed E-state index contributed by atoms with van der Waals surface area (Å²) in [7, 11) is -4.07. The lowest BCUT2D eigenvalue weighted by Crippen LogP contribution is -2.52. The average molecular weight is 522 g/mol. The molecule has 1 N–H and O–H groups in total. The second kappa shape index (κ2) is 12.1. The van der Waals surface area contributed by atoms with Gasteiger partial charge in [0.15, 0.2) is 0 Å². The Kier molecular flexibility index (Phi) is 9.10. The number of nitrogens with one attached hydrogen (secondary N) is 1. The molecule has 0 fully saturated rings. The SMILES string of the molecule is Cc1ccc(C)c(N(CC(=O)N(Cc2ccccc2)[C@@H](C)C(=O)NC(C)C)S(=O)(=O)c2ccccc2)c1. The van der Waals surface area contributed by atoms with Crippen LogP contribution in [0.15, 0.2) is 83.8 Å². The Bertz CT molecular complexity index is 1330. The molecular formula is C29H35N3O4S. The molecule has 0 unspecified atom stereocenters. The Morgan fingerprint density at radius 1 is 0.865 bits per heavy atom. The highest BCUT2D eigenvalue weighted by atomic mass is 32.2. The number of hydrogen-bond acceptors (Lipinski definition) is 4. The van der Waals surface area contributed by atoms with E-state index in [1.54, 1.807) is 31.2 Å². The molecule has 3 rings (SSSR count). The quantitative estimate of drug-likeness (QED) is 0.427. The van der Waals surface area contributed by atoms with Gasteiger partial charge in [0.25, 0.3) is 10.0 Å². The Morgan fingerprint density at radius 2 is 1.46 bits per heavy atom. The Hall–Kier alpha value is -3.65. The van der Waals surface area contributed by atoms with Crippen molar-refractivity contribution < 1.29 is 18.0 Å². The van der Waals surface area contributed by atoms with Crippen LogP contribution in [0, 0.1) is 13.8 Å². The molecule has 3 aromatic carbocycles. The molecule has 8 heteroatoms. The third-order valence-electron chi connectivity index (χ3n) is 6.04. The minimum Gasteiger partial charge on any atom is -0.352 e. The van der Waals surface area contributed by atoms with Gasteiger partial charge in [0.2, 0.25) is 11.8 Å². The van der Waals surface area contributed by atoms with E-state index in [9.17, 15) is 18.0 Å². The molecule has 2 amide bonds. The van der Waals surface area contributed by atoms with Gasteiger partial charge in [-0.3, -0.25) is 13.9 Å². The summed E-state index contributed by atoms with van der Waals surface area (Å²) in [6, 6.07) is 22.0. The van der Waals surface area contributed by atoms with Crippen molar-refractivity contribution in [3.05, 3.63) is 95.6 Å². The van der Waals surface area contributed by atoms with Gasteiger partial charge >= 0.3 is 0 Å². The van der Waals surface area contributed by atoms with Crippen LogP contribution >= 0.6 is 0 Å². The fraction of sp³-hybridized carbons (Fsp3) is 0.310. The van der Waals surface area contributed by atoms with E-state index in [1.807, 2.05) is 70.2 Å². The van der Waals surface area contributed by atoms with Crippen molar-refractivity contribution in [1.29, 1.82) is 0 Å². The molecule has 7 nitrogen and oxygen atoms in total. The molecule has 0 saturated carbocycles. The zero-order valence-corrected chi connectivity index (χ0v) is 22.8. The van der Waals surface area contributed by atoms with Crippen LogP contribution in [-0.2, 0) is 26.2 Å². The Morgan fingerprint density at radius 3 is 2.05 bits per heavy atom. The van der Waals surface area contributed by atoms with E-state index in [0.29, 0.717) is 5.69 Å². The first kappa shape index (κ1) is 27.9. The van der Waals surface area contributed by atoms with Crippen LogP contribution in [-0.4, -0.2) is 43.8 Å². The lowest BCUT2D eigenvalue weighted by atomic mass is 10.1. The minimum atomic E-state index is -4.07. The van der Waals surface area contributed by atoms with Crippen LogP contribution in [0.1, 0.15) is 37.5 Å². The predicted molar refractivity (Wildman–Crippen MR) is 147 cm³/mol. The van der Waals surface area contributed by atoms with Gasteiger partial charge in [-0.1, -0.05) is 60.7 Å². The number of hydrogen-bond donors (Lipinski definition) is 1. The fourth-order valence-electron chi connectivity index (χ4n) is 3.99. The number of rotatable bonds is 10. The summed E-state index contributed by atoms with van der Waals surface area (Å²) < 4.78 is 28.8. The van der Waals surface area contributed by atoms with Crippen molar-refractivity contribution >= 4 is 27.5 Å². The van der Waals surface area contributed by atoms with Crippen LogP contribution in [0.2, 0.25) is 0 Å². The molecular weight excluding hydrogens is 486 g/mol. The lowest BCUT2D eigenvalue weighted by molar-refractivity contribution is -0.139. The van der Waals surface area contributed by atoms with Gasteiger partial charge in [-0.05, 0) is 69.5 Å². The summed E-state index contributed by atoms with van der Waals surface area (Å²) in [5.41, 5.74) is 2.85. The van der Waals surface area contributed by atoms with Crippen LogP contribution in [0.4, 0.5) is 5.69 Å². The summed E-state index contributed by atoms with van der Waals surface area (Å²) in [6.07, 6.45) is 0.